The van der Waals surface area contributed by atoms with Crippen LogP contribution in [0, 0.1) is 0 Å². The van der Waals surface area contributed by atoms with Crippen molar-refractivity contribution in [2.75, 3.05) is 18.1 Å². The van der Waals surface area contributed by atoms with Crippen LogP contribution in [0.3, 0.4) is 0 Å². The van der Waals surface area contributed by atoms with Crippen LogP contribution in [0.2, 0.25) is 0 Å². The lowest BCUT2D eigenvalue weighted by Crippen LogP contribution is -2.44. The Hall–Kier alpha value is -1.74. The van der Waals surface area contributed by atoms with Crippen molar-refractivity contribution in [2.24, 2.45) is 0 Å². The molecule has 0 unspecified atom stereocenters. The van der Waals surface area contributed by atoms with Crippen molar-refractivity contribution in [3.05, 3.63) is 71.8 Å². The van der Waals surface area contributed by atoms with E-state index in [0.29, 0.717) is 6.54 Å². The number of carbonyl (C=O) groups excluding carboxylic acids is 1. The number of carbonyl (C=O) groups is 1. The van der Waals surface area contributed by atoms with Crippen LogP contribution in [0.1, 0.15) is 25.0 Å². The number of amides is 1. The van der Waals surface area contributed by atoms with Crippen LogP contribution in [0.15, 0.2) is 60.7 Å². The van der Waals surface area contributed by atoms with Crippen molar-refractivity contribution >= 4 is 17.7 Å². The SMILES string of the molecule is CCSCCNC(=O)C(C)(c1ccccc1)c1ccccc1. The van der Waals surface area contributed by atoms with Gasteiger partial charge in [0.1, 0.15) is 0 Å². The fourth-order valence-corrected chi connectivity index (χ4v) is 3.06. The molecule has 0 aliphatic heterocycles. The second kappa shape index (κ2) is 8.04. The Bertz CT molecular complexity index is 543. The standard InChI is InChI=1S/C19H23NOS/c1-3-22-15-14-20-18(21)19(2,16-10-6-4-7-11-16)17-12-8-5-9-13-17/h4-13H,3,14-15H2,1-2H3,(H,20,21). The zero-order chi connectivity index (χ0) is 15.8. The van der Waals surface area contributed by atoms with Crippen molar-refractivity contribution in [1.82, 2.24) is 5.32 Å². The number of hydrogen-bond donors (Lipinski definition) is 1. The van der Waals surface area contributed by atoms with Gasteiger partial charge < -0.3 is 5.32 Å². The minimum absolute atomic E-state index is 0.0570. The third kappa shape index (κ3) is 3.72. The second-order valence-electron chi connectivity index (χ2n) is 5.31. The average Bonchev–Trinajstić information content (AvgIpc) is 2.59. The van der Waals surface area contributed by atoms with Crippen LogP contribution < -0.4 is 5.32 Å². The Morgan fingerprint density at radius 2 is 1.50 bits per heavy atom. The van der Waals surface area contributed by atoms with Crippen LogP contribution in [0.4, 0.5) is 0 Å². The molecule has 0 atom stereocenters. The summed E-state index contributed by atoms with van der Waals surface area (Å²) in [6.07, 6.45) is 0. The Morgan fingerprint density at radius 1 is 1.00 bits per heavy atom. The van der Waals surface area contributed by atoms with Gasteiger partial charge >= 0.3 is 0 Å². The van der Waals surface area contributed by atoms with E-state index in [2.05, 4.69) is 12.2 Å². The first-order valence-electron chi connectivity index (χ1n) is 7.66. The first kappa shape index (κ1) is 16.6. The van der Waals surface area contributed by atoms with Gasteiger partial charge in [-0.15, -0.1) is 0 Å². The predicted molar refractivity (Wildman–Crippen MR) is 95.3 cm³/mol. The molecule has 116 valence electrons. The van der Waals surface area contributed by atoms with Gasteiger partial charge in [-0.2, -0.15) is 11.8 Å². The van der Waals surface area contributed by atoms with Crippen molar-refractivity contribution in [3.63, 3.8) is 0 Å². The summed E-state index contributed by atoms with van der Waals surface area (Å²) in [7, 11) is 0. The van der Waals surface area contributed by atoms with Crippen LogP contribution in [-0.2, 0) is 10.2 Å². The van der Waals surface area contributed by atoms with Crippen LogP contribution >= 0.6 is 11.8 Å². The summed E-state index contributed by atoms with van der Waals surface area (Å²) in [5.74, 6) is 2.08. The lowest BCUT2D eigenvalue weighted by atomic mass is 9.75. The molecule has 0 heterocycles. The fourth-order valence-electron chi connectivity index (χ4n) is 2.53. The lowest BCUT2D eigenvalue weighted by molar-refractivity contribution is -0.124. The first-order chi connectivity index (χ1) is 10.7. The largest absolute Gasteiger partial charge is 0.354 e. The molecule has 0 aliphatic carbocycles. The Balaban J connectivity index is 2.28. The maximum atomic E-state index is 12.9. The molecule has 0 saturated carbocycles. The molecule has 3 heteroatoms. The maximum Gasteiger partial charge on any atom is 0.234 e. The molecule has 0 radical (unpaired) electrons. The Morgan fingerprint density at radius 3 is 1.95 bits per heavy atom. The highest BCUT2D eigenvalue weighted by Gasteiger charge is 2.36. The highest BCUT2D eigenvalue weighted by Crippen LogP contribution is 2.32. The van der Waals surface area contributed by atoms with Crippen molar-refractivity contribution in [3.8, 4) is 0 Å². The molecule has 22 heavy (non-hydrogen) atoms. The quantitative estimate of drug-likeness (QED) is 0.786. The van der Waals surface area contributed by atoms with Crippen LogP contribution in [0.5, 0.6) is 0 Å². The van der Waals surface area contributed by atoms with Gasteiger partial charge in [0, 0.05) is 12.3 Å². The van der Waals surface area contributed by atoms with E-state index >= 15 is 0 Å². The monoisotopic (exact) mass is 313 g/mol. The molecular weight excluding hydrogens is 290 g/mol. The maximum absolute atomic E-state index is 12.9. The highest BCUT2D eigenvalue weighted by molar-refractivity contribution is 7.99. The Kier molecular flexibility index (Phi) is 6.08. The number of hydrogen-bond acceptors (Lipinski definition) is 2. The molecule has 0 aromatic heterocycles. The molecule has 2 rings (SSSR count). The summed E-state index contributed by atoms with van der Waals surface area (Å²) in [4.78, 5) is 12.9. The fraction of sp³-hybridized carbons (Fsp3) is 0.316. The van der Waals surface area contributed by atoms with E-state index in [9.17, 15) is 4.79 Å². The Labute approximate surface area is 137 Å². The van der Waals surface area contributed by atoms with Gasteiger partial charge in [0.15, 0.2) is 0 Å². The molecule has 2 aromatic carbocycles. The minimum Gasteiger partial charge on any atom is -0.354 e. The van der Waals surface area contributed by atoms with Gasteiger partial charge in [0.25, 0.3) is 0 Å². The van der Waals surface area contributed by atoms with Crippen molar-refractivity contribution < 1.29 is 4.79 Å². The van der Waals surface area contributed by atoms with E-state index in [1.807, 2.05) is 79.3 Å². The third-order valence-electron chi connectivity index (χ3n) is 3.89. The number of thioether (sulfide) groups is 1. The summed E-state index contributed by atoms with van der Waals surface area (Å²) < 4.78 is 0. The summed E-state index contributed by atoms with van der Waals surface area (Å²) in [5.41, 5.74) is 1.36. The number of rotatable bonds is 7. The summed E-state index contributed by atoms with van der Waals surface area (Å²) in [6.45, 7) is 4.83. The molecule has 0 spiro atoms. The van der Waals surface area contributed by atoms with E-state index in [0.717, 1.165) is 22.6 Å². The number of nitrogens with one attached hydrogen (secondary N) is 1. The zero-order valence-corrected chi connectivity index (χ0v) is 14.0. The van der Waals surface area contributed by atoms with Gasteiger partial charge in [-0.1, -0.05) is 67.6 Å². The summed E-state index contributed by atoms with van der Waals surface area (Å²) in [6, 6.07) is 20.0. The molecule has 2 nitrogen and oxygen atoms in total. The lowest BCUT2D eigenvalue weighted by Gasteiger charge is -2.29. The number of benzene rings is 2. The zero-order valence-electron chi connectivity index (χ0n) is 13.2. The predicted octanol–water partition coefficient (Wildman–Crippen LogP) is 3.86. The van der Waals surface area contributed by atoms with E-state index < -0.39 is 5.41 Å². The molecule has 1 N–H and O–H groups in total. The van der Waals surface area contributed by atoms with E-state index in [1.165, 1.54) is 0 Å². The van der Waals surface area contributed by atoms with Gasteiger partial charge in [0.05, 0.1) is 5.41 Å². The molecule has 2 aromatic rings. The minimum atomic E-state index is -0.667. The van der Waals surface area contributed by atoms with Gasteiger partial charge in [-0.3, -0.25) is 4.79 Å². The summed E-state index contributed by atoms with van der Waals surface area (Å²) >= 11 is 1.84. The molecule has 0 saturated heterocycles. The van der Waals surface area contributed by atoms with Crippen molar-refractivity contribution in [1.29, 1.82) is 0 Å². The van der Waals surface area contributed by atoms with Crippen LogP contribution in [0.25, 0.3) is 0 Å². The first-order valence-corrected chi connectivity index (χ1v) is 8.82. The van der Waals surface area contributed by atoms with E-state index in [4.69, 9.17) is 0 Å². The highest BCUT2D eigenvalue weighted by atomic mass is 32.2. The normalized spacial score (nSPS) is 11.2. The molecule has 0 bridgehead atoms. The molecular formula is C19H23NOS. The topological polar surface area (TPSA) is 29.1 Å². The van der Waals surface area contributed by atoms with Crippen molar-refractivity contribution in [2.45, 2.75) is 19.3 Å². The van der Waals surface area contributed by atoms with Gasteiger partial charge in [0.2, 0.25) is 5.91 Å². The summed E-state index contributed by atoms with van der Waals surface area (Å²) in [5, 5.41) is 3.10. The van der Waals surface area contributed by atoms with Gasteiger partial charge in [-0.05, 0) is 23.8 Å². The molecule has 0 fully saturated rings. The van der Waals surface area contributed by atoms with Crippen LogP contribution in [-0.4, -0.2) is 24.0 Å². The third-order valence-corrected chi connectivity index (χ3v) is 4.79. The van der Waals surface area contributed by atoms with E-state index in [-0.39, 0.29) is 5.91 Å². The van der Waals surface area contributed by atoms with Gasteiger partial charge in [-0.25, -0.2) is 0 Å². The smallest absolute Gasteiger partial charge is 0.234 e. The second-order valence-corrected chi connectivity index (χ2v) is 6.70. The van der Waals surface area contributed by atoms with E-state index in [1.54, 1.807) is 0 Å². The molecule has 1 amide bonds. The molecule has 0 aliphatic rings. The average molecular weight is 313 g/mol.